The summed E-state index contributed by atoms with van der Waals surface area (Å²) in [5, 5.41) is 6.99. The fourth-order valence-electron chi connectivity index (χ4n) is 2.47. The highest BCUT2D eigenvalue weighted by atomic mass is 16.5. The summed E-state index contributed by atoms with van der Waals surface area (Å²) in [6, 6.07) is 17.9. The quantitative estimate of drug-likeness (QED) is 0.196. The lowest BCUT2D eigenvalue weighted by Crippen LogP contribution is -2.26. The van der Waals surface area contributed by atoms with E-state index in [-0.39, 0.29) is 12.5 Å². The van der Waals surface area contributed by atoms with Crippen LogP contribution in [-0.4, -0.2) is 24.6 Å². The van der Waals surface area contributed by atoms with Gasteiger partial charge in [-0.25, -0.2) is 10.2 Å². The van der Waals surface area contributed by atoms with Crippen molar-refractivity contribution in [1.29, 1.82) is 0 Å². The van der Waals surface area contributed by atoms with Crippen molar-refractivity contribution in [2.45, 2.75) is 6.92 Å². The summed E-state index contributed by atoms with van der Waals surface area (Å²) in [5.74, 6) is 0.187. The van der Waals surface area contributed by atoms with E-state index in [1.165, 1.54) is 24.6 Å². The molecule has 3 aromatic rings. The predicted molar refractivity (Wildman–Crippen MR) is 115 cm³/mol. The van der Waals surface area contributed by atoms with Gasteiger partial charge in [-0.15, -0.1) is 0 Å². The standard InChI is InChI=1S/C23H21N3O4/c1-17-5-2-3-7-21(17)24-16-22(27)26-25-15-18-8-10-20(11-9-18)30-23(28)13-12-19-6-4-14-29-19/h2-15,24H,16H2,1H3,(H,26,27)/b13-12+,25-15-. The van der Waals surface area contributed by atoms with Gasteiger partial charge in [0.1, 0.15) is 11.5 Å². The molecule has 7 heteroatoms. The van der Waals surface area contributed by atoms with Gasteiger partial charge in [-0.2, -0.15) is 5.10 Å². The zero-order chi connectivity index (χ0) is 21.2. The van der Waals surface area contributed by atoms with E-state index in [0.717, 1.165) is 16.8 Å². The number of furan rings is 1. The van der Waals surface area contributed by atoms with E-state index in [4.69, 9.17) is 9.15 Å². The second kappa shape index (κ2) is 10.4. The maximum absolute atomic E-state index is 11.9. The summed E-state index contributed by atoms with van der Waals surface area (Å²) in [5.41, 5.74) is 5.17. The number of ether oxygens (including phenoxy) is 1. The maximum atomic E-state index is 11.9. The number of nitrogens with one attached hydrogen (secondary N) is 2. The lowest BCUT2D eigenvalue weighted by atomic mass is 10.2. The van der Waals surface area contributed by atoms with Gasteiger partial charge in [-0.1, -0.05) is 18.2 Å². The number of hydrogen-bond donors (Lipinski definition) is 2. The first-order valence-electron chi connectivity index (χ1n) is 9.25. The number of hydrogen-bond acceptors (Lipinski definition) is 6. The smallest absolute Gasteiger partial charge is 0.336 e. The van der Waals surface area contributed by atoms with Gasteiger partial charge in [0.05, 0.1) is 19.0 Å². The Morgan fingerprint density at radius 3 is 2.60 bits per heavy atom. The molecule has 0 fully saturated rings. The summed E-state index contributed by atoms with van der Waals surface area (Å²) in [7, 11) is 0. The zero-order valence-electron chi connectivity index (χ0n) is 16.4. The van der Waals surface area contributed by atoms with Gasteiger partial charge in [0.25, 0.3) is 5.91 Å². The predicted octanol–water partition coefficient (Wildman–Crippen LogP) is 3.77. The number of rotatable bonds is 8. The third kappa shape index (κ3) is 6.49. The normalized spacial score (nSPS) is 11.0. The van der Waals surface area contributed by atoms with E-state index in [1.54, 1.807) is 36.4 Å². The minimum Gasteiger partial charge on any atom is -0.465 e. The van der Waals surface area contributed by atoms with Crippen LogP contribution >= 0.6 is 0 Å². The molecule has 0 aliphatic rings. The number of benzene rings is 2. The molecule has 1 aromatic heterocycles. The highest BCUT2D eigenvalue weighted by Gasteiger charge is 2.02. The van der Waals surface area contributed by atoms with E-state index in [1.807, 2.05) is 31.2 Å². The second-order valence-corrected chi connectivity index (χ2v) is 6.30. The molecule has 0 saturated carbocycles. The molecule has 30 heavy (non-hydrogen) atoms. The summed E-state index contributed by atoms with van der Waals surface area (Å²) >= 11 is 0. The molecule has 0 aliphatic heterocycles. The molecule has 152 valence electrons. The van der Waals surface area contributed by atoms with Crippen LogP contribution in [0.5, 0.6) is 5.75 Å². The molecular formula is C23H21N3O4. The van der Waals surface area contributed by atoms with Crippen molar-refractivity contribution in [3.05, 3.63) is 89.9 Å². The first-order chi connectivity index (χ1) is 14.6. The molecular weight excluding hydrogens is 382 g/mol. The number of carbonyl (C=O) groups excluding carboxylic acids is 2. The van der Waals surface area contributed by atoms with Gasteiger partial charge in [0.2, 0.25) is 0 Å². The van der Waals surface area contributed by atoms with Crippen molar-refractivity contribution in [2.75, 3.05) is 11.9 Å². The topological polar surface area (TPSA) is 92.9 Å². The number of para-hydroxylation sites is 1. The SMILES string of the molecule is Cc1ccccc1NCC(=O)N/N=C\c1ccc(OC(=O)/C=C/c2ccco2)cc1. The first kappa shape index (κ1) is 20.6. The molecule has 0 spiro atoms. The number of aryl methyl sites for hydroxylation is 1. The van der Waals surface area contributed by atoms with Crippen LogP contribution in [0.4, 0.5) is 5.69 Å². The third-order valence-corrected chi connectivity index (χ3v) is 4.01. The number of hydrazone groups is 1. The maximum Gasteiger partial charge on any atom is 0.336 e. The molecule has 0 radical (unpaired) electrons. The summed E-state index contributed by atoms with van der Waals surface area (Å²) < 4.78 is 10.3. The van der Waals surface area contributed by atoms with Gasteiger partial charge >= 0.3 is 5.97 Å². The number of nitrogens with zero attached hydrogens (tertiary/aromatic N) is 1. The fourth-order valence-corrected chi connectivity index (χ4v) is 2.47. The van der Waals surface area contributed by atoms with Crippen LogP contribution in [0, 0.1) is 6.92 Å². The Hall–Kier alpha value is -4.13. The summed E-state index contributed by atoms with van der Waals surface area (Å²) in [6.07, 6.45) is 5.84. The van der Waals surface area contributed by atoms with Crippen LogP contribution in [0.2, 0.25) is 0 Å². The van der Waals surface area contributed by atoms with E-state index in [9.17, 15) is 9.59 Å². The molecule has 3 rings (SSSR count). The summed E-state index contributed by atoms with van der Waals surface area (Å²) in [4.78, 5) is 23.7. The van der Waals surface area contributed by atoms with E-state index in [2.05, 4.69) is 15.8 Å². The number of amides is 1. The van der Waals surface area contributed by atoms with Crippen LogP contribution < -0.4 is 15.5 Å². The molecule has 0 saturated heterocycles. The van der Waals surface area contributed by atoms with E-state index < -0.39 is 5.97 Å². The van der Waals surface area contributed by atoms with Gasteiger partial charge < -0.3 is 14.5 Å². The molecule has 2 aromatic carbocycles. The Morgan fingerprint density at radius 1 is 1.07 bits per heavy atom. The van der Waals surface area contributed by atoms with E-state index in [0.29, 0.717) is 11.5 Å². The lowest BCUT2D eigenvalue weighted by molar-refractivity contribution is -0.129. The van der Waals surface area contributed by atoms with Crippen LogP contribution in [0.15, 0.2) is 82.5 Å². The van der Waals surface area contributed by atoms with Crippen LogP contribution in [0.1, 0.15) is 16.9 Å². The van der Waals surface area contributed by atoms with Gasteiger partial charge in [0, 0.05) is 11.8 Å². The van der Waals surface area contributed by atoms with Crippen LogP contribution in [0.3, 0.4) is 0 Å². The molecule has 0 unspecified atom stereocenters. The fraction of sp³-hybridized carbons (Fsp3) is 0.0870. The Balaban J connectivity index is 1.43. The third-order valence-electron chi connectivity index (χ3n) is 4.01. The first-order valence-corrected chi connectivity index (χ1v) is 9.25. The second-order valence-electron chi connectivity index (χ2n) is 6.30. The molecule has 7 nitrogen and oxygen atoms in total. The Morgan fingerprint density at radius 2 is 1.87 bits per heavy atom. The van der Waals surface area contributed by atoms with Crippen molar-refractivity contribution in [2.24, 2.45) is 5.10 Å². The lowest BCUT2D eigenvalue weighted by Gasteiger charge is -2.07. The Kier molecular flexibility index (Phi) is 7.16. The van der Waals surface area contributed by atoms with E-state index >= 15 is 0 Å². The molecule has 0 aliphatic carbocycles. The number of esters is 1. The molecule has 1 heterocycles. The van der Waals surface area contributed by atoms with Crippen molar-refractivity contribution < 1.29 is 18.7 Å². The monoisotopic (exact) mass is 403 g/mol. The molecule has 2 N–H and O–H groups in total. The molecule has 0 bridgehead atoms. The minimum atomic E-state index is -0.513. The van der Waals surface area contributed by atoms with Crippen molar-refractivity contribution in [1.82, 2.24) is 5.43 Å². The Bertz CT molecular complexity index is 1040. The number of anilines is 1. The zero-order valence-corrected chi connectivity index (χ0v) is 16.4. The summed E-state index contributed by atoms with van der Waals surface area (Å²) in [6.45, 7) is 2.08. The van der Waals surface area contributed by atoms with Crippen LogP contribution in [-0.2, 0) is 9.59 Å². The minimum absolute atomic E-state index is 0.114. The van der Waals surface area contributed by atoms with Crippen molar-refractivity contribution >= 4 is 29.9 Å². The van der Waals surface area contributed by atoms with Gasteiger partial charge in [-0.05, 0) is 66.6 Å². The molecule has 0 atom stereocenters. The highest BCUT2D eigenvalue weighted by molar-refractivity contribution is 5.88. The van der Waals surface area contributed by atoms with Gasteiger partial charge in [0.15, 0.2) is 0 Å². The van der Waals surface area contributed by atoms with Crippen molar-refractivity contribution in [3.63, 3.8) is 0 Å². The Labute approximate surface area is 174 Å². The largest absolute Gasteiger partial charge is 0.465 e. The highest BCUT2D eigenvalue weighted by Crippen LogP contribution is 2.13. The van der Waals surface area contributed by atoms with Crippen LogP contribution in [0.25, 0.3) is 6.08 Å². The average molecular weight is 403 g/mol. The molecule has 1 amide bonds. The number of carbonyl (C=O) groups is 2. The average Bonchev–Trinajstić information content (AvgIpc) is 3.27. The van der Waals surface area contributed by atoms with Crippen molar-refractivity contribution in [3.8, 4) is 5.75 Å². The van der Waals surface area contributed by atoms with Gasteiger partial charge in [-0.3, -0.25) is 4.79 Å².